The predicted molar refractivity (Wildman–Crippen MR) is 76.6 cm³/mol. The van der Waals surface area contributed by atoms with Crippen molar-refractivity contribution in [1.82, 2.24) is 5.32 Å². The molecule has 1 unspecified atom stereocenters. The van der Waals surface area contributed by atoms with Gasteiger partial charge in [-0.25, -0.2) is 0 Å². The standard InChI is InChI=1S/C12H14BrNS2/c1-3-14-11(9-4-5-15-7-9)10-6-8(2)12(13)16-10/h4-7,11,14H,3H2,1-2H3. The van der Waals surface area contributed by atoms with Crippen molar-refractivity contribution in [2.75, 3.05) is 6.54 Å². The van der Waals surface area contributed by atoms with E-state index in [0.29, 0.717) is 6.04 Å². The summed E-state index contributed by atoms with van der Waals surface area (Å²) < 4.78 is 1.24. The lowest BCUT2D eigenvalue weighted by Gasteiger charge is -2.14. The fourth-order valence-electron chi connectivity index (χ4n) is 1.65. The van der Waals surface area contributed by atoms with E-state index in [2.05, 4.69) is 58.0 Å². The molecule has 1 nitrogen and oxygen atoms in total. The van der Waals surface area contributed by atoms with Crippen LogP contribution in [-0.2, 0) is 0 Å². The van der Waals surface area contributed by atoms with Crippen LogP contribution < -0.4 is 5.32 Å². The van der Waals surface area contributed by atoms with E-state index in [4.69, 9.17) is 0 Å². The molecular formula is C12H14BrNS2. The van der Waals surface area contributed by atoms with Crippen LogP contribution in [0.4, 0.5) is 0 Å². The summed E-state index contributed by atoms with van der Waals surface area (Å²) in [6, 6.07) is 4.80. The zero-order valence-electron chi connectivity index (χ0n) is 9.29. The second-order valence-corrected chi connectivity index (χ2v) is 6.83. The highest BCUT2D eigenvalue weighted by Crippen LogP contribution is 2.34. The van der Waals surface area contributed by atoms with E-state index in [1.54, 1.807) is 11.3 Å². The first-order chi connectivity index (χ1) is 7.72. The van der Waals surface area contributed by atoms with Crippen LogP contribution in [0.15, 0.2) is 26.7 Å². The molecule has 0 saturated heterocycles. The Morgan fingerprint density at radius 1 is 1.50 bits per heavy atom. The number of aryl methyl sites for hydroxylation is 1. The van der Waals surface area contributed by atoms with Crippen molar-refractivity contribution in [2.24, 2.45) is 0 Å². The van der Waals surface area contributed by atoms with E-state index in [0.717, 1.165) is 6.54 Å². The Morgan fingerprint density at radius 2 is 2.31 bits per heavy atom. The smallest absolute Gasteiger partial charge is 0.0731 e. The fourth-order valence-corrected chi connectivity index (χ4v) is 4.01. The third-order valence-electron chi connectivity index (χ3n) is 2.45. The van der Waals surface area contributed by atoms with Crippen molar-refractivity contribution in [1.29, 1.82) is 0 Å². The molecule has 1 atom stereocenters. The molecule has 2 aromatic rings. The van der Waals surface area contributed by atoms with Gasteiger partial charge in [-0.15, -0.1) is 11.3 Å². The van der Waals surface area contributed by atoms with Crippen LogP contribution >= 0.6 is 38.6 Å². The molecule has 0 aliphatic rings. The summed E-state index contributed by atoms with van der Waals surface area (Å²) in [5.41, 5.74) is 2.68. The van der Waals surface area contributed by atoms with Crippen molar-refractivity contribution in [3.63, 3.8) is 0 Å². The summed E-state index contributed by atoms with van der Waals surface area (Å²) in [5.74, 6) is 0. The lowest BCUT2D eigenvalue weighted by molar-refractivity contribution is 0.641. The Kier molecular flexibility index (Phi) is 4.19. The SMILES string of the molecule is CCNC(c1ccsc1)c1cc(C)c(Br)s1. The zero-order chi connectivity index (χ0) is 11.5. The Morgan fingerprint density at radius 3 is 2.81 bits per heavy atom. The third-order valence-corrected chi connectivity index (χ3v) is 5.35. The summed E-state index contributed by atoms with van der Waals surface area (Å²) in [7, 11) is 0. The second-order valence-electron chi connectivity index (χ2n) is 3.65. The van der Waals surface area contributed by atoms with Gasteiger partial charge < -0.3 is 5.32 Å². The Labute approximate surface area is 113 Å². The normalized spacial score (nSPS) is 12.9. The van der Waals surface area contributed by atoms with Gasteiger partial charge in [0, 0.05) is 4.88 Å². The summed E-state index contributed by atoms with van der Waals surface area (Å²) in [6.07, 6.45) is 0. The minimum Gasteiger partial charge on any atom is -0.306 e. The van der Waals surface area contributed by atoms with Gasteiger partial charge in [0.25, 0.3) is 0 Å². The largest absolute Gasteiger partial charge is 0.306 e. The molecule has 86 valence electrons. The summed E-state index contributed by atoms with van der Waals surface area (Å²) in [4.78, 5) is 1.38. The molecular weight excluding hydrogens is 302 g/mol. The zero-order valence-corrected chi connectivity index (χ0v) is 12.5. The van der Waals surface area contributed by atoms with Crippen LogP contribution in [0.1, 0.15) is 29.0 Å². The lowest BCUT2D eigenvalue weighted by Crippen LogP contribution is -2.20. The second kappa shape index (κ2) is 5.45. The molecule has 0 aromatic carbocycles. The summed E-state index contributed by atoms with van der Waals surface area (Å²) in [5, 5.41) is 7.89. The first kappa shape index (κ1) is 12.3. The summed E-state index contributed by atoms with van der Waals surface area (Å²) in [6.45, 7) is 5.27. The van der Waals surface area contributed by atoms with Crippen molar-refractivity contribution in [3.05, 3.63) is 42.7 Å². The maximum Gasteiger partial charge on any atom is 0.0731 e. The number of hydrogen-bond donors (Lipinski definition) is 1. The van der Waals surface area contributed by atoms with Crippen LogP contribution in [-0.4, -0.2) is 6.54 Å². The Balaban J connectivity index is 2.32. The average molecular weight is 316 g/mol. The molecule has 0 bridgehead atoms. The highest BCUT2D eigenvalue weighted by Gasteiger charge is 2.16. The van der Waals surface area contributed by atoms with Crippen molar-refractivity contribution in [2.45, 2.75) is 19.9 Å². The van der Waals surface area contributed by atoms with E-state index in [1.165, 1.54) is 19.8 Å². The molecule has 4 heteroatoms. The van der Waals surface area contributed by atoms with Crippen molar-refractivity contribution in [3.8, 4) is 0 Å². The molecule has 0 saturated carbocycles. The van der Waals surface area contributed by atoms with E-state index < -0.39 is 0 Å². The van der Waals surface area contributed by atoms with Gasteiger partial charge in [0.1, 0.15) is 0 Å². The van der Waals surface area contributed by atoms with Crippen molar-refractivity contribution >= 4 is 38.6 Å². The van der Waals surface area contributed by atoms with E-state index in [1.807, 2.05) is 11.3 Å². The first-order valence-corrected chi connectivity index (χ1v) is 7.79. The average Bonchev–Trinajstić information content (AvgIpc) is 2.86. The monoisotopic (exact) mass is 315 g/mol. The van der Waals surface area contributed by atoms with Gasteiger partial charge in [-0.2, -0.15) is 11.3 Å². The van der Waals surface area contributed by atoms with Crippen LogP contribution in [0.2, 0.25) is 0 Å². The molecule has 1 N–H and O–H groups in total. The number of halogens is 1. The van der Waals surface area contributed by atoms with Gasteiger partial charge in [0.15, 0.2) is 0 Å². The van der Waals surface area contributed by atoms with E-state index >= 15 is 0 Å². The predicted octanol–water partition coefficient (Wildman–Crippen LogP) is 4.58. The van der Waals surface area contributed by atoms with Crippen molar-refractivity contribution < 1.29 is 0 Å². The number of nitrogens with one attached hydrogen (secondary N) is 1. The van der Waals surface area contributed by atoms with Crippen LogP contribution in [0.3, 0.4) is 0 Å². The Bertz CT molecular complexity index is 428. The van der Waals surface area contributed by atoms with Gasteiger partial charge in [-0.3, -0.25) is 0 Å². The van der Waals surface area contributed by atoms with Gasteiger partial charge in [0.2, 0.25) is 0 Å². The molecule has 0 aliphatic heterocycles. The first-order valence-electron chi connectivity index (χ1n) is 5.23. The molecule has 0 fully saturated rings. The quantitative estimate of drug-likeness (QED) is 0.870. The number of rotatable bonds is 4. The van der Waals surface area contributed by atoms with Gasteiger partial charge >= 0.3 is 0 Å². The highest BCUT2D eigenvalue weighted by atomic mass is 79.9. The van der Waals surface area contributed by atoms with Crippen LogP contribution in [0.5, 0.6) is 0 Å². The molecule has 0 amide bonds. The maximum absolute atomic E-state index is 3.59. The highest BCUT2D eigenvalue weighted by molar-refractivity contribution is 9.11. The minimum atomic E-state index is 0.339. The number of thiophene rings is 2. The van der Waals surface area contributed by atoms with Crippen LogP contribution in [0, 0.1) is 6.92 Å². The molecule has 0 spiro atoms. The van der Waals surface area contributed by atoms with Crippen LogP contribution in [0.25, 0.3) is 0 Å². The topological polar surface area (TPSA) is 12.0 Å². The Hall–Kier alpha value is -0.160. The molecule has 2 heterocycles. The van der Waals surface area contributed by atoms with E-state index in [-0.39, 0.29) is 0 Å². The van der Waals surface area contributed by atoms with Gasteiger partial charge in [0.05, 0.1) is 9.83 Å². The maximum atomic E-state index is 3.59. The van der Waals surface area contributed by atoms with Gasteiger partial charge in [-0.05, 0) is 63.4 Å². The molecule has 2 rings (SSSR count). The molecule has 2 aromatic heterocycles. The minimum absolute atomic E-state index is 0.339. The third kappa shape index (κ3) is 2.56. The molecule has 0 radical (unpaired) electrons. The molecule has 0 aliphatic carbocycles. The molecule has 16 heavy (non-hydrogen) atoms. The fraction of sp³-hybridized carbons (Fsp3) is 0.333. The lowest BCUT2D eigenvalue weighted by atomic mass is 10.1. The number of hydrogen-bond acceptors (Lipinski definition) is 3. The van der Waals surface area contributed by atoms with Gasteiger partial charge in [-0.1, -0.05) is 6.92 Å². The van der Waals surface area contributed by atoms with E-state index in [9.17, 15) is 0 Å². The summed E-state index contributed by atoms with van der Waals surface area (Å²) >= 11 is 7.16.